The molecule has 22 heavy (non-hydrogen) atoms. The molecule has 0 aliphatic carbocycles. The number of fused-ring (bicyclic) bond motifs is 3. The van der Waals surface area contributed by atoms with Gasteiger partial charge in [0.25, 0.3) is 0 Å². The van der Waals surface area contributed by atoms with Crippen LogP contribution in [0.15, 0.2) is 23.2 Å². The lowest BCUT2D eigenvalue weighted by atomic mass is 9.83. The van der Waals surface area contributed by atoms with Crippen LogP contribution in [0.3, 0.4) is 0 Å². The van der Waals surface area contributed by atoms with Crippen LogP contribution in [0.2, 0.25) is 0 Å². The van der Waals surface area contributed by atoms with E-state index in [0.29, 0.717) is 17.0 Å². The van der Waals surface area contributed by atoms with Crippen LogP contribution in [0.4, 0.5) is 5.69 Å². The van der Waals surface area contributed by atoms with Gasteiger partial charge in [-0.3, -0.25) is 0 Å². The lowest BCUT2D eigenvalue weighted by Crippen LogP contribution is -2.55. The smallest absolute Gasteiger partial charge is 0.140 e. The van der Waals surface area contributed by atoms with Gasteiger partial charge < -0.3 is 14.5 Å². The number of hydrogen-bond donors (Lipinski definition) is 0. The fourth-order valence-corrected chi connectivity index (χ4v) is 3.18. The Morgan fingerprint density at radius 3 is 2.55 bits per heavy atom. The lowest BCUT2D eigenvalue weighted by molar-refractivity contribution is -0.0512. The molecule has 0 atom stereocenters. The van der Waals surface area contributed by atoms with Crippen LogP contribution in [0.25, 0.3) is 0 Å². The number of piperidine rings is 3. The second kappa shape index (κ2) is 5.98. The molecule has 5 nitrogen and oxygen atoms in total. The molecular weight excluding hydrogens is 276 g/mol. The molecule has 3 aliphatic rings. The van der Waals surface area contributed by atoms with Crippen LogP contribution in [0.5, 0.6) is 5.75 Å². The van der Waals surface area contributed by atoms with Crippen molar-refractivity contribution in [2.24, 2.45) is 4.99 Å². The van der Waals surface area contributed by atoms with Crippen LogP contribution in [-0.4, -0.2) is 55.5 Å². The second-order valence-electron chi connectivity index (χ2n) is 6.35. The summed E-state index contributed by atoms with van der Waals surface area (Å²) in [7, 11) is 3.81. The lowest BCUT2D eigenvalue weighted by Gasteiger charge is -2.48. The van der Waals surface area contributed by atoms with Gasteiger partial charge in [-0.2, -0.15) is 5.26 Å². The first kappa shape index (κ1) is 14.9. The molecule has 0 radical (unpaired) electrons. The van der Waals surface area contributed by atoms with Crippen molar-refractivity contribution in [3.63, 3.8) is 0 Å². The monoisotopic (exact) mass is 298 g/mol. The van der Waals surface area contributed by atoms with E-state index >= 15 is 0 Å². The average molecular weight is 298 g/mol. The molecule has 3 aliphatic heterocycles. The number of nitriles is 1. The van der Waals surface area contributed by atoms with E-state index in [-0.39, 0.29) is 5.60 Å². The van der Waals surface area contributed by atoms with Gasteiger partial charge in [0.05, 0.1) is 12.0 Å². The number of aliphatic imine (C=N–C) groups is 1. The highest BCUT2D eigenvalue weighted by molar-refractivity contribution is 5.67. The van der Waals surface area contributed by atoms with Crippen LogP contribution in [0, 0.1) is 11.3 Å². The predicted molar refractivity (Wildman–Crippen MR) is 86.6 cm³/mol. The second-order valence-corrected chi connectivity index (χ2v) is 6.35. The topological polar surface area (TPSA) is 51.9 Å². The summed E-state index contributed by atoms with van der Waals surface area (Å²) in [4.78, 5) is 8.71. The summed E-state index contributed by atoms with van der Waals surface area (Å²) in [6.45, 7) is 3.29. The number of rotatable bonds is 4. The Hall–Kier alpha value is -2.06. The maximum Gasteiger partial charge on any atom is 0.140 e. The van der Waals surface area contributed by atoms with Crippen molar-refractivity contribution >= 4 is 12.0 Å². The van der Waals surface area contributed by atoms with Crippen molar-refractivity contribution in [2.75, 3.05) is 33.7 Å². The van der Waals surface area contributed by atoms with E-state index in [1.807, 2.05) is 37.2 Å². The van der Waals surface area contributed by atoms with Gasteiger partial charge in [-0.05, 0) is 31.4 Å². The number of benzene rings is 1. The molecule has 0 N–H and O–H groups in total. The van der Waals surface area contributed by atoms with Crippen molar-refractivity contribution in [3.05, 3.63) is 23.8 Å². The summed E-state index contributed by atoms with van der Waals surface area (Å²) < 4.78 is 6.36. The summed E-state index contributed by atoms with van der Waals surface area (Å²) in [6, 6.07) is 7.92. The Morgan fingerprint density at radius 1 is 1.27 bits per heavy atom. The molecule has 0 saturated carbocycles. The zero-order chi connectivity index (χ0) is 15.6. The van der Waals surface area contributed by atoms with Crippen LogP contribution < -0.4 is 4.74 Å². The molecule has 4 rings (SSSR count). The fraction of sp³-hybridized carbons (Fsp3) is 0.529. The van der Waals surface area contributed by atoms with Gasteiger partial charge in [0.15, 0.2) is 0 Å². The zero-order valence-electron chi connectivity index (χ0n) is 13.2. The molecule has 0 unspecified atom stereocenters. The maximum atomic E-state index is 9.53. The molecule has 0 amide bonds. The van der Waals surface area contributed by atoms with Crippen molar-refractivity contribution in [1.82, 2.24) is 9.80 Å². The SMILES string of the molecule is CN(C)/C=N/c1cccc(OC23CCN(CC2)CC3)c1C#N. The predicted octanol–water partition coefficient (Wildman–Crippen LogP) is 2.40. The van der Waals surface area contributed by atoms with Crippen molar-refractivity contribution in [3.8, 4) is 11.8 Å². The molecule has 2 bridgehead atoms. The number of ether oxygens (including phenoxy) is 1. The van der Waals surface area contributed by atoms with Crippen molar-refractivity contribution in [1.29, 1.82) is 5.26 Å². The molecule has 5 heteroatoms. The van der Waals surface area contributed by atoms with Gasteiger partial charge in [0.1, 0.15) is 23.0 Å². The van der Waals surface area contributed by atoms with E-state index in [0.717, 1.165) is 38.9 Å². The van der Waals surface area contributed by atoms with Crippen molar-refractivity contribution in [2.45, 2.75) is 24.9 Å². The number of hydrogen-bond acceptors (Lipinski definition) is 4. The molecule has 3 fully saturated rings. The Morgan fingerprint density at radius 2 is 1.95 bits per heavy atom. The third kappa shape index (κ3) is 2.93. The van der Waals surface area contributed by atoms with Gasteiger partial charge in [-0.1, -0.05) is 6.07 Å². The van der Waals surface area contributed by atoms with Gasteiger partial charge in [-0.15, -0.1) is 0 Å². The normalized spacial score (nSPS) is 26.9. The molecule has 0 spiro atoms. The fourth-order valence-electron chi connectivity index (χ4n) is 3.18. The Balaban J connectivity index is 1.87. The average Bonchev–Trinajstić information content (AvgIpc) is 2.54. The highest BCUT2D eigenvalue weighted by Crippen LogP contribution is 2.38. The van der Waals surface area contributed by atoms with E-state index in [1.54, 1.807) is 6.34 Å². The minimum absolute atomic E-state index is 0.0930. The Bertz CT molecular complexity index is 596. The quantitative estimate of drug-likeness (QED) is 0.632. The molecular formula is C17H22N4O. The first-order chi connectivity index (χ1) is 10.6. The number of nitrogens with zero attached hydrogens (tertiary/aromatic N) is 4. The molecule has 1 aromatic rings. The Labute approximate surface area is 131 Å². The zero-order valence-corrected chi connectivity index (χ0v) is 13.2. The van der Waals surface area contributed by atoms with Gasteiger partial charge in [0, 0.05) is 33.7 Å². The van der Waals surface area contributed by atoms with Crippen LogP contribution in [-0.2, 0) is 0 Å². The molecule has 0 aromatic heterocycles. The van der Waals surface area contributed by atoms with Gasteiger partial charge in [0.2, 0.25) is 0 Å². The van der Waals surface area contributed by atoms with Gasteiger partial charge >= 0.3 is 0 Å². The van der Waals surface area contributed by atoms with E-state index < -0.39 is 0 Å². The first-order valence-corrected chi connectivity index (χ1v) is 7.77. The van der Waals surface area contributed by atoms with E-state index in [1.165, 1.54) is 0 Å². The standard InChI is InChI=1S/C17H22N4O/c1-20(2)13-19-15-4-3-5-16(14(15)12-18)22-17-6-9-21(10-7-17)11-8-17/h3-5,13H,6-11H2,1-2H3/b19-13+. The van der Waals surface area contributed by atoms with Crippen LogP contribution in [0.1, 0.15) is 24.8 Å². The third-order valence-electron chi connectivity index (χ3n) is 4.52. The first-order valence-electron chi connectivity index (χ1n) is 7.77. The highest BCUT2D eigenvalue weighted by Gasteiger charge is 2.41. The van der Waals surface area contributed by atoms with E-state index in [9.17, 15) is 5.26 Å². The summed E-state index contributed by atoms with van der Waals surface area (Å²) in [5, 5.41) is 9.53. The highest BCUT2D eigenvalue weighted by atomic mass is 16.5. The molecule has 116 valence electrons. The van der Waals surface area contributed by atoms with E-state index in [4.69, 9.17) is 4.74 Å². The summed E-state index contributed by atoms with van der Waals surface area (Å²) in [6.07, 6.45) is 4.84. The summed E-state index contributed by atoms with van der Waals surface area (Å²) in [5.74, 6) is 0.672. The largest absolute Gasteiger partial charge is 0.486 e. The van der Waals surface area contributed by atoms with Gasteiger partial charge in [-0.25, -0.2) is 4.99 Å². The summed E-state index contributed by atoms with van der Waals surface area (Å²) >= 11 is 0. The molecule has 1 aromatic carbocycles. The third-order valence-corrected chi connectivity index (χ3v) is 4.52. The minimum Gasteiger partial charge on any atom is -0.486 e. The Kier molecular flexibility index (Phi) is 4.04. The van der Waals surface area contributed by atoms with E-state index in [2.05, 4.69) is 16.0 Å². The molecule has 3 heterocycles. The maximum absolute atomic E-state index is 9.53. The minimum atomic E-state index is -0.0930. The van der Waals surface area contributed by atoms with Crippen LogP contribution >= 0.6 is 0 Å². The molecule has 3 saturated heterocycles. The summed E-state index contributed by atoms with van der Waals surface area (Å²) in [5.41, 5.74) is 1.10. The van der Waals surface area contributed by atoms with Crippen molar-refractivity contribution < 1.29 is 4.74 Å².